The van der Waals surface area contributed by atoms with E-state index in [0.29, 0.717) is 16.7 Å². The fourth-order valence-electron chi connectivity index (χ4n) is 5.24. The van der Waals surface area contributed by atoms with Gasteiger partial charge in [0.2, 0.25) is 5.91 Å². The standard InChI is InChI=1S/C25H38BrClN2O.CH4.2H2O/c1-17(2)23(28-24(30)19-6-5-7-20(26)14-19)15-29-13-12-22(25(3,4)16-29)18-8-10-21(27)11-9-18;;;/h6,8,10,17,20,22-23H,5,7,9,11-16H2,1-4H3,(H,28,30);1H4;2*1H2/t20?,22-,23+;;;/m1.../s1. The number of carbonyl (C=O) groups is 1. The first-order chi connectivity index (χ1) is 14.2. The minimum Gasteiger partial charge on any atom is -0.412 e. The van der Waals surface area contributed by atoms with Crippen molar-refractivity contribution in [1.82, 2.24) is 10.2 Å². The molecule has 3 atom stereocenters. The van der Waals surface area contributed by atoms with E-state index in [0.717, 1.165) is 62.3 Å². The number of nitrogens with zero attached hydrogens (tertiary/aromatic N) is 1. The summed E-state index contributed by atoms with van der Waals surface area (Å²) in [5, 5.41) is 4.33. The number of amides is 1. The average Bonchev–Trinajstić information content (AvgIpc) is 2.67. The molecular weight excluding hydrogens is 504 g/mol. The SMILES string of the molecule is C.CC(C)[C@H](CN1CC[C@H](C2=CC=C(Cl)CC2)C(C)(C)C1)NC(=O)C1=CCCC(Br)C1.O.O. The molecule has 0 aromatic carbocycles. The van der Waals surface area contributed by atoms with Gasteiger partial charge in [0.15, 0.2) is 0 Å². The van der Waals surface area contributed by atoms with E-state index in [-0.39, 0.29) is 35.7 Å². The molecule has 5 N–H and O–H groups in total. The number of allylic oxidation sites excluding steroid dienone is 5. The van der Waals surface area contributed by atoms with Crippen molar-refractivity contribution in [2.45, 2.75) is 84.5 Å². The second-order valence-corrected chi connectivity index (χ2v) is 12.1. The first-order valence-electron chi connectivity index (χ1n) is 11.6. The van der Waals surface area contributed by atoms with Gasteiger partial charge in [0.1, 0.15) is 0 Å². The van der Waals surface area contributed by atoms with Crippen LogP contribution in [0.3, 0.4) is 0 Å². The van der Waals surface area contributed by atoms with Crippen LogP contribution in [-0.2, 0) is 4.79 Å². The Kier molecular flexibility index (Phi) is 13.8. The average molecular weight is 550 g/mol. The van der Waals surface area contributed by atoms with Crippen molar-refractivity contribution in [3.8, 4) is 0 Å². The summed E-state index contributed by atoms with van der Waals surface area (Å²) in [7, 11) is 0. The van der Waals surface area contributed by atoms with Crippen molar-refractivity contribution in [1.29, 1.82) is 0 Å². The zero-order chi connectivity index (χ0) is 21.9. The summed E-state index contributed by atoms with van der Waals surface area (Å²) < 4.78 is 0. The van der Waals surface area contributed by atoms with Gasteiger partial charge in [0, 0.05) is 34.6 Å². The number of alkyl halides is 1. The molecule has 192 valence electrons. The fourth-order valence-corrected chi connectivity index (χ4v) is 6.01. The van der Waals surface area contributed by atoms with Crippen molar-refractivity contribution in [2.24, 2.45) is 17.3 Å². The molecule has 1 heterocycles. The summed E-state index contributed by atoms with van der Waals surface area (Å²) >= 11 is 9.86. The molecular formula is C26H46BrClN2O3. The molecule has 33 heavy (non-hydrogen) atoms. The van der Waals surface area contributed by atoms with Gasteiger partial charge in [-0.25, -0.2) is 0 Å². The van der Waals surface area contributed by atoms with Gasteiger partial charge >= 0.3 is 0 Å². The third-order valence-electron chi connectivity index (χ3n) is 7.07. The maximum Gasteiger partial charge on any atom is 0.247 e. The van der Waals surface area contributed by atoms with Crippen LogP contribution >= 0.6 is 27.5 Å². The summed E-state index contributed by atoms with van der Waals surface area (Å²) in [5.74, 6) is 1.15. The van der Waals surface area contributed by atoms with Crippen molar-refractivity contribution >= 4 is 33.4 Å². The molecule has 1 unspecified atom stereocenters. The quantitative estimate of drug-likeness (QED) is 0.462. The molecule has 3 aliphatic rings. The third kappa shape index (κ3) is 8.81. The van der Waals surface area contributed by atoms with Crippen LogP contribution in [0.25, 0.3) is 0 Å². The summed E-state index contributed by atoms with van der Waals surface area (Å²) in [6, 6.07) is 0.178. The van der Waals surface area contributed by atoms with Gasteiger partial charge in [-0.2, -0.15) is 0 Å². The Morgan fingerprint density at radius 2 is 1.94 bits per heavy atom. The first kappa shape index (κ1) is 32.3. The number of hydrogen-bond acceptors (Lipinski definition) is 2. The molecule has 0 spiro atoms. The number of likely N-dealkylation sites (tertiary alicyclic amines) is 1. The van der Waals surface area contributed by atoms with Crippen LogP contribution in [0, 0.1) is 17.3 Å². The zero-order valence-electron chi connectivity index (χ0n) is 20.0. The number of nitrogens with one attached hydrogen (secondary N) is 1. The molecule has 7 heteroatoms. The normalized spacial score (nSPS) is 25.8. The Morgan fingerprint density at radius 3 is 2.48 bits per heavy atom. The number of rotatable bonds is 6. The fraction of sp³-hybridized carbons (Fsp3) is 0.731. The minimum absolute atomic E-state index is 0. The van der Waals surface area contributed by atoms with Gasteiger partial charge in [-0.3, -0.25) is 4.79 Å². The van der Waals surface area contributed by atoms with Crippen LogP contribution in [0.1, 0.15) is 73.6 Å². The highest BCUT2D eigenvalue weighted by atomic mass is 79.9. The lowest BCUT2D eigenvalue weighted by Crippen LogP contribution is -2.53. The summed E-state index contributed by atoms with van der Waals surface area (Å²) in [6.07, 6.45) is 12.7. The van der Waals surface area contributed by atoms with Crippen molar-refractivity contribution in [3.05, 3.63) is 34.4 Å². The van der Waals surface area contributed by atoms with Crippen LogP contribution in [-0.4, -0.2) is 52.3 Å². The minimum atomic E-state index is 0. The number of carbonyl (C=O) groups excluding carboxylic acids is 1. The van der Waals surface area contributed by atoms with Gasteiger partial charge in [0.05, 0.1) is 0 Å². The molecule has 0 bridgehead atoms. The molecule has 1 fully saturated rings. The Balaban J connectivity index is 0.00000341. The highest BCUT2D eigenvalue weighted by Crippen LogP contribution is 2.42. The summed E-state index contributed by atoms with van der Waals surface area (Å²) in [5.41, 5.74) is 2.73. The summed E-state index contributed by atoms with van der Waals surface area (Å²) in [6.45, 7) is 12.3. The molecule has 1 aliphatic heterocycles. The topological polar surface area (TPSA) is 95.3 Å². The van der Waals surface area contributed by atoms with Crippen LogP contribution in [0.4, 0.5) is 0 Å². The third-order valence-corrected chi connectivity index (χ3v) is 8.16. The Labute approximate surface area is 214 Å². The molecule has 1 amide bonds. The molecule has 0 saturated carbocycles. The van der Waals surface area contributed by atoms with E-state index < -0.39 is 0 Å². The molecule has 0 aromatic rings. The van der Waals surface area contributed by atoms with E-state index in [1.807, 2.05) is 0 Å². The maximum absolute atomic E-state index is 12.9. The van der Waals surface area contributed by atoms with Crippen LogP contribution < -0.4 is 5.32 Å². The van der Waals surface area contributed by atoms with Crippen LogP contribution in [0.2, 0.25) is 0 Å². The number of piperidine rings is 1. The Hall–Kier alpha value is -0.660. The van der Waals surface area contributed by atoms with Crippen molar-refractivity contribution < 1.29 is 15.7 Å². The molecule has 1 saturated heterocycles. The highest BCUT2D eigenvalue weighted by Gasteiger charge is 2.38. The smallest absolute Gasteiger partial charge is 0.247 e. The molecule has 3 rings (SSSR count). The van der Waals surface area contributed by atoms with Crippen molar-refractivity contribution in [3.63, 3.8) is 0 Å². The first-order valence-corrected chi connectivity index (χ1v) is 12.9. The zero-order valence-corrected chi connectivity index (χ0v) is 22.4. The Bertz CT molecular complexity index is 733. The van der Waals surface area contributed by atoms with Gasteiger partial charge in [0.25, 0.3) is 0 Å². The molecule has 0 radical (unpaired) electrons. The van der Waals surface area contributed by atoms with Gasteiger partial charge in [-0.15, -0.1) is 0 Å². The lowest BCUT2D eigenvalue weighted by molar-refractivity contribution is -0.119. The van der Waals surface area contributed by atoms with Gasteiger partial charge in [-0.1, -0.05) is 80.4 Å². The van der Waals surface area contributed by atoms with Gasteiger partial charge < -0.3 is 21.2 Å². The lowest BCUT2D eigenvalue weighted by Gasteiger charge is -2.47. The van der Waals surface area contributed by atoms with Gasteiger partial charge in [-0.05, 0) is 68.4 Å². The maximum atomic E-state index is 12.9. The second kappa shape index (κ2) is 14.0. The number of halogens is 2. The van der Waals surface area contributed by atoms with E-state index in [1.165, 1.54) is 6.42 Å². The molecule has 5 nitrogen and oxygen atoms in total. The molecule has 2 aliphatic carbocycles. The number of hydrogen-bond donors (Lipinski definition) is 1. The lowest BCUT2D eigenvalue weighted by atomic mass is 9.68. The predicted molar refractivity (Wildman–Crippen MR) is 145 cm³/mol. The van der Waals surface area contributed by atoms with Crippen molar-refractivity contribution in [2.75, 3.05) is 19.6 Å². The van der Waals surface area contributed by atoms with E-state index in [9.17, 15) is 4.79 Å². The highest BCUT2D eigenvalue weighted by molar-refractivity contribution is 9.09. The molecule has 0 aromatic heterocycles. The monoisotopic (exact) mass is 548 g/mol. The van der Waals surface area contributed by atoms with E-state index in [1.54, 1.807) is 5.57 Å². The van der Waals surface area contributed by atoms with Crippen LogP contribution in [0.5, 0.6) is 0 Å². The van der Waals surface area contributed by atoms with E-state index in [2.05, 4.69) is 72.1 Å². The Morgan fingerprint density at radius 1 is 1.24 bits per heavy atom. The van der Waals surface area contributed by atoms with Crippen LogP contribution in [0.15, 0.2) is 34.4 Å². The second-order valence-electron chi connectivity index (χ2n) is 10.4. The van der Waals surface area contributed by atoms with E-state index in [4.69, 9.17) is 11.6 Å². The summed E-state index contributed by atoms with van der Waals surface area (Å²) in [4.78, 5) is 15.9. The van der Waals surface area contributed by atoms with E-state index >= 15 is 0 Å². The predicted octanol–water partition coefficient (Wildman–Crippen LogP) is 5.18. The largest absolute Gasteiger partial charge is 0.412 e.